The molecule has 3 heterocycles. The molecule has 7 nitrogen and oxygen atoms in total. The number of ether oxygens (including phenoxy) is 1. The number of pyridine rings is 1. The van der Waals surface area contributed by atoms with Gasteiger partial charge in [-0.1, -0.05) is 6.07 Å². The molecule has 7 heteroatoms. The number of aromatic nitrogens is 3. The van der Waals surface area contributed by atoms with Gasteiger partial charge < -0.3 is 20.3 Å². The molecule has 25 heavy (non-hydrogen) atoms. The SMILES string of the molecule is COC[C@H](Nc1nc(N(C)C)nc2c1CCNCC2)c1ccccn1. The van der Waals surface area contributed by atoms with Crippen LogP contribution in [0, 0.1) is 0 Å². The van der Waals surface area contributed by atoms with Crippen LogP contribution in [0.1, 0.15) is 23.0 Å². The molecule has 2 N–H and O–H groups in total. The Labute approximate surface area is 148 Å². The number of anilines is 2. The summed E-state index contributed by atoms with van der Waals surface area (Å²) in [7, 11) is 5.63. The average molecular weight is 342 g/mol. The molecule has 2 aromatic heterocycles. The molecule has 2 aromatic rings. The van der Waals surface area contributed by atoms with E-state index >= 15 is 0 Å². The zero-order chi connectivity index (χ0) is 17.6. The number of hydrogen-bond acceptors (Lipinski definition) is 7. The summed E-state index contributed by atoms with van der Waals surface area (Å²) in [6.45, 7) is 2.40. The Morgan fingerprint density at radius 3 is 2.80 bits per heavy atom. The number of rotatable bonds is 6. The lowest BCUT2D eigenvalue weighted by Crippen LogP contribution is -2.22. The molecule has 134 valence electrons. The van der Waals surface area contributed by atoms with Crippen LogP contribution in [-0.4, -0.2) is 55.9 Å². The van der Waals surface area contributed by atoms with Crippen molar-refractivity contribution in [3.63, 3.8) is 0 Å². The predicted molar refractivity (Wildman–Crippen MR) is 99.1 cm³/mol. The van der Waals surface area contributed by atoms with Gasteiger partial charge in [-0.15, -0.1) is 0 Å². The first-order valence-electron chi connectivity index (χ1n) is 8.63. The van der Waals surface area contributed by atoms with Crippen LogP contribution in [-0.2, 0) is 17.6 Å². The van der Waals surface area contributed by atoms with E-state index in [1.165, 1.54) is 5.56 Å². The fourth-order valence-electron chi connectivity index (χ4n) is 2.97. The molecule has 0 unspecified atom stereocenters. The normalized spacial score (nSPS) is 15.2. The zero-order valence-electron chi connectivity index (χ0n) is 15.1. The maximum absolute atomic E-state index is 5.41. The number of nitrogens with one attached hydrogen (secondary N) is 2. The molecular weight excluding hydrogens is 316 g/mol. The lowest BCUT2D eigenvalue weighted by atomic mass is 10.1. The summed E-state index contributed by atoms with van der Waals surface area (Å²) >= 11 is 0. The smallest absolute Gasteiger partial charge is 0.227 e. The Bertz CT molecular complexity index is 691. The van der Waals surface area contributed by atoms with Crippen molar-refractivity contribution < 1.29 is 4.74 Å². The van der Waals surface area contributed by atoms with Crippen molar-refractivity contribution in [2.24, 2.45) is 0 Å². The van der Waals surface area contributed by atoms with Crippen molar-refractivity contribution in [2.75, 3.05) is 51.1 Å². The molecule has 0 bridgehead atoms. The van der Waals surface area contributed by atoms with E-state index in [1.54, 1.807) is 13.3 Å². The van der Waals surface area contributed by atoms with E-state index in [2.05, 4.69) is 15.6 Å². The van der Waals surface area contributed by atoms with Gasteiger partial charge in [0.2, 0.25) is 5.95 Å². The van der Waals surface area contributed by atoms with Gasteiger partial charge in [0.1, 0.15) is 5.82 Å². The first-order chi connectivity index (χ1) is 12.2. The zero-order valence-corrected chi connectivity index (χ0v) is 15.1. The van der Waals surface area contributed by atoms with Gasteiger partial charge in [0.25, 0.3) is 0 Å². The van der Waals surface area contributed by atoms with Crippen molar-refractivity contribution in [3.05, 3.63) is 41.3 Å². The minimum Gasteiger partial charge on any atom is -0.382 e. The number of fused-ring (bicyclic) bond motifs is 1. The van der Waals surface area contributed by atoms with Crippen LogP contribution in [0.4, 0.5) is 11.8 Å². The average Bonchev–Trinajstić information content (AvgIpc) is 2.87. The summed E-state index contributed by atoms with van der Waals surface area (Å²) in [5.74, 6) is 1.60. The molecule has 0 aliphatic carbocycles. The van der Waals surface area contributed by atoms with E-state index in [0.29, 0.717) is 6.61 Å². The van der Waals surface area contributed by atoms with Gasteiger partial charge >= 0.3 is 0 Å². The van der Waals surface area contributed by atoms with Crippen LogP contribution in [0.25, 0.3) is 0 Å². The highest BCUT2D eigenvalue weighted by Gasteiger charge is 2.21. The summed E-state index contributed by atoms with van der Waals surface area (Å²) in [6.07, 6.45) is 3.62. The molecule has 0 fully saturated rings. The van der Waals surface area contributed by atoms with Crippen LogP contribution in [0.15, 0.2) is 24.4 Å². The monoisotopic (exact) mass is 342 g/mol. The number of hydrogen-bond donors (Lipinski definition) is 2. The van der Waals surface area contributed by atoms with E-state index in [0.717, 1.165) is 49.1 Å². The topological polar surface area (TPSA) is 75.2 Å². The fraction of sp³-hybridized carbons (Fsp3) is 0.500. The lowest BCUT2D eigenvalue weighted by molar-refractivity contribution is 0.185. The Hall–Kier alpha value is -2.25. The molecule has 3 rings (SSSR count). The highest BCUT2D eigenvalue weighted by atomic mass is 16.5. The minimum absolute atomic E-state index is 0.0589. The maximum atomic E-state index is 5.41. The quantitative estimate of drug-likeness (QED) is 0.822. The van der Waals surface area contributed by atoms with Gasteiger partial charge in [0, 0.05) is 45.9 Å². The number of nitrogens with zero attached hydrogens (tertiary/aromatic N) is 4. The summed E-state index contributed by atoms with van der Waals surface area (Å²) < 4.78 is 5.41. The van der Waals surface area contributed by atoms with E-state index in [4.69, 9.17) is 14.7 Å². The fourth-order valence-corrected chi connectivity index (χ4v) is 2.97. The first-order valence-corrected chi connectivity index (χ1v) is 8.63. The molecular formula is C18H26N6O. The Balaban J connectivity index is 1.97. The van der Waals surface area contributed by atoms with Crippen LogP contribution in [0.3, 0.4) is 0 Å². The molecule has 0 saturated heterocycles. The van der Waals surface area contributed by atoms with Crippen molar-refractivity contribution in [1.82, 2.24) is 20.3 Å². The molecule has 1 atom stereocenters. The summed E-state index contributed by atoms with van der Waals surface area (Å²) in [5, 5.41) is 6.99. The van der Waals surface area contributed by atoms with Gasteiger partial charge in [-0.3, -0.25) is 4.98 Å². The predicted octanol–water partition coefficient (Wildman–Crippen LogP) is 1.43. The minimum atomic E-state index is -0.0589. The van der Waals surface area contributed by atoms with Crippen molar-refractivity contribution >= 4 is 11.8 Å². The van der Waals surface area contributed by atoms with Crippen molar-refractivity contribution in [3.8, 4) is 0 Å². The Kier molecular flexibility index (Phi) is 5.78. The molecule has 0 amide bonds. The van der Waals surface area contributed by atoms with E-state index < -0.39 is 0 Å². The number of methoxy groups -OCH3 is 1. The highest BCUT2D eigenvalue weighted by Crippen LogP contribution is 2.26. The van der Waals surface area contributed by atoms with Gasteiger partial charge in [-0.2, -0.15) is 4.98 Å². The first kappa shape index (κ1) is 17.6. The second-order valence-electron chi connectivity index (χ2n) is 6.35. The van der Waals surface area contributed by atoms with Gasteiger partial charge in [0.05, 0.1) is 24.0 Å². The third-order valence-corrected chi connectivity index (χ3v) is 4.26. The molecule has 0 radical (unpaired) electrons. The molecule has 1 aliphatic heterocycles. The standard InChI is InChI=1S/C18H26N6O/c1-24(2)18-22-14-8-11-19-10-7-13(14)17(23-18)21-16(12-25-3)15-6-4-5-9-20-15/h4-6,9,16,19H,7-8,10-12H2,1-3H3,(H,21,22,23)/t16-/m0/s1. The molecule has 0 aromatic carbocycles. The largest absolute Gasteiger partial charge is 0.382 e. The Morgan fingerprint density at radius 1 is 1.24 bits per heavy atom. The van der Waals surface area contributed by atoms with Crippen molar-refractivity contribution in [2.45, 2.75) is 18.9 Å². The molecule has 1 aliphatic rings. The van der Waals surface area contributed by atoms with Crippen LogP contribution >= 0.6 is 0 Å². The van der Waals surface area contributed by atoms with E-state index in [1.807, 2.05) is 37.2 Å². The van der Waals surface area contributed by atoms with Gasteiger partial charge in [-0.25, -0.2) is 4.98 Å². The molecule has 0 saturated carbocycles. The summed E-state index contributed by atoms with van der Waals surface area (Å²) in [5.41, 5.74) is 3.24. The second-order valence-corrected chi connectivity index (χ2v) is 6.35. The lowest BCUT2D eigenvalue weighted by Gasteiger charge is -2.22. The Morgan fingerprint density at radius 2 is 2.08 bits per heavy atom. The maximum Gasteiger partial charge on any atom is 0.227 e. The van der Waals surface area contributed by atoms with Crippen LogP contribution in [0.2, 0.25) is 0 Å². The van der Waals surface area contributed by atoms with Gasteiger partial charge in [0.15, 0.2) is 0 Å². The van der Waals surface area contributed by atoms with E-state index in [9.17, 15) is 0 Å². The van der Waals surface area contributed by atoms with Crippen LogP contribution in [0.5, 0.6) is 0 Å². The third-order valence-electron chi connectivity index (χ3n) is 4.26. The van der Waals surface area contributed by atoms with Crippen LogP contribution < -0.4 is 15.5 Å². The summed E-state index contributed by atoms with van der Waals surface area (Å²) in [6, 6.07) is 5.85. The highest BCUT2D eigenvalue weighted by molar-refractivity contribution is 5.53. The molecule has 0 spiro atoms. The van der Waals surface area contributed by atoms with Crippen molar-refractivity contribution in [1.29, 1.82) is 0 Å². The van der Waals surface area contributed by atoms with E-state index in [-0.39, 0.29) is 6.04 Å². The summed E-state index contributed by atoms with van der Waals surface area (Å²) in [4.78, 5) is 15.9. The second kappa shape index (κ2) is 8.22. The third kappa shape index (κ3) is 4.24. The van der Waals surface area contributed by atoms with Gasteiger partial charge in [-0.05, 0) is 25.1 Å².